The second kappa shape index (κ2) is 7.38. The van der Waals surface area contributed by atoms with Crippen LogP contribution < -0.4 is 5.32 Å². The van der Waals surface area contributed by atoms with Gasteiger partial charge in [0.1, 0.15) is 5.82 Å². The van der Waals surface area contributed by atoms with E-state index < -0.39 is 24.3 Å². The van der Waals surface area contributed by atoms with Crippen molar-refractivity contribution in [2.24, 2.45) is 0 Å². The van der Waals surface area contributed by atoms with Gasteiger partial charge in [-0.05, 0) is 31.0 Å². The normalized spacial score (nSPS) is 17.5. The fourth-order valence-corrected chi connectivity index (χ4v) is 2.11. The molecule has 0 aromatic heterocycles. The topological polar surface area (TPSA) is 64.6 Å². The standard InChI is InChI=1S/C14H15ClFNO4/c15-9-3-4-11(12(16)6-9)14(19)21-8-13(18)17-7-10-2-1-5-20-10/h3-4,6,10H,1-2,5,7-8H2,(H,17,18). The number of carbonyl (C=O) groups is 2. The van der Waals surface area contributed by atoms with Gasteiger partial charge in [-0.25, -0.2) is 9.18 Å². The first kappa shape index (κ1) is 15.7. The molecule has 1 atom stereocenters. The largest absolute Gasteiger partial charge is 0.452 e. The molecule has 0 saturated carbocycles. The molecule has 0 spiro atoms. The molecule has 1 aromatic carbocycles. The van der Waals surface area contributed by atoms with Crippen LogP contribution >= 0.6 is 11.6 Å². The van der Waals surface area contributed by atoms with Crippen LogP contribution in [0.15, 0.2) is 18.2 Å². The molecule has 1 amide bonds. The van der Waals surface area contributed by atoms with Crippen LogP contribution in [0.1, 0.15) is 23.2 Å². The summed E-state index contributed by atoms with van der Waals surface area (Å²) in [4.78, 5) is 23.1. The summed E-state index contributed by atoms with van der Waals surface area (Å²) in [6.45, 7) is 0.616. The average molecular weight is 316 g/mol. The highest BCUT2D eigenvalue weighted by molar-refractivity contribution is 6.30. The highest BCUT2D eigenvalue weighted by Gasteiger charge is 2.18. The zero-order chi connectivity index (χ0) is 15.2. The monoisotopic (exact) mass is 315 g/mol. The van der Waals surface area contributed by atoms with Crippen molar-refractivity contribution in [1.82, 2.24) is 5.32 Å². The van der Waals surface area contributed by atoms with Crippen molar-refractivity contribution in [3.8, 4) is 0 Å². The summed E-state index contributed by atoms with van der Waals surface area (Å²) in [6, 6.07) is 3.60. The molecular formula is C14H15ClFNO4. The number of esters is 1. The molecule has 1 unspecified atom stereocenters. The number of carbonyl (C=O) groups excluding carboxylic acids is 2. The lowest BCUT2D eigenvalue weighted by Crippen LogP contribution is -2.34. The Morgan fingerprint density at radius 2 is 2.29 bits per heavy atom. The average Bonchev–Trinajstić information content (AvgIpc) is 2.95. The Labute approximate surface area is 126 Å². The number of rotatable bonds is 5. The molecule has 2 rings (SSSR count). The summed E-state index contributed by atoms with van der Waals surface area (Å²) in [5.74, 6) is -2.14. The summed E-state index contributed by atoms with van der Waals surface area (Å²) in [5.41, 5.74) is -0.258. The van der Waals surface area contributed by atoms with Crippen LogP contribution in [0.25, 0.3) is 0 Å². The second-order valence-electron chi connectivity index (χ2n) is 4.64. The molecule has 1 fully saturated rings. The predicted octanol–water partition coefficient (Wildman–Crippen LogP) is 1.93. The van der Waals surface area contributed by atoms with Crippen molar-refractivity contribution in [2.75, 3.05) is 19.8 Å². The Morgan fingerprint density at radius 1 is 1.48 bits per heavy atom. The molecule has 114 valence electrons. The number of amides is 1. The highest BCUT2D eigenvalue weighted by atomic mass is 35.5. The van der Waals surface area contributed by atoms with Crippen LogP contribution in [0.4, 0.5) is 4.39 Å². The molecule has 7 heteroatoms. The molecule has 1 aliphatic rings. The Morgan fingerprint density at radius 3 is 2.95 bits per heavy atom. The molecule has 0 radical (unpaired) electrons. The Bertz CT molecular complexity index is 532. The van der Waals surface area contributed by atoms with Crippen molar-refractivity contribution in [2.45, 2.75) is 18.9 Å². The summed E-state index contributed by atoms with van der Waals surface area (Å²) >= 11 is 5.58. The highest BCUT2D eigenvalue weighted by Crippen LogP contribution is 2.15. The zero-order valence-corrected chi connectivity index (χ0v) is 12.0. The van der Waals surface area contributed by atoms with E-state index in [1.807, 2.05) is 0 Å². The van der Waals surface area contributed by atoms with E-state index in [1.54, 1.807) is 0 Å². The van der Waals surface area contributed by atoms with Gasteiger partial charge in [0.05, 0.1) is 11.7 Å². The maximum absolute atomic E-state index is 13.5. The Balaban J connectivity index is 1.76. The predicted molar refractivity (Wildman–Crippen MR) is 73.7 cm³/mol. The van der Waals surface area contributed by atoms with E-state index in [9.17, 15) is 14.0 Å². The van der Waals surface area contributed by atoms with E-state index in [0.717, 1.165) is 18.9 Å². The van der Waals surface area contributed by atoms with E-state index in [1.165, 1.54) is 12.1 Å². The number of hydrogen-bond donors (Lipinski definition) is 1. The van der Waals surface area contributed by atoms with Crippen molar-refractivity contribution in [1.29, 1.82) is 0 Å². The first-order valence-electron chi connectivity index (χ1n) is 6.57. The summed E-state index contributed by atoms with van der Waals surface area (Å²) in [6.07, 6.45) is 1.89. The number of nitrogens with one attached hydrogen (secondary N) is 1. The lowest BCUT2D eigenvalue weighted by atomic mass is 10.2. The summed E-state index contributed by atoms with van der Waals surface area (Å²) in [7, 11) is 0. The molecule has 1 heterocycles. The van der Waals surface area contributed by atoms with E-state index in [-0.39, 0.29) is 16.7 Å². The first-order valence-corrected chi connectivity index (χ1v) is 6.94. The van der Waals surface area contributed by atoms with Crippen LogP contribution in [0.5, 0.6) is 0 Å². The van der Waals surface area contributed by atoms with Crippen LogP contribution in [0, 0.1) is 5.82 Å². The van der Waals surface area contributed by atoms with E-state index in [0.29, 0.717) is 13.2 Å². The Hall–Kier alpha value is -1.66. The van der Waals surface area contributed by atoms with Crippen LogP contribution in [0.3, 0.4) is 0 Å². The third-order valence-corrected chi connectivity index (χ3v) is 3.27. The van der Waals surface area contributed by atoms with Gasteiger partial charge >= 0.3 is 5.97 Å². The maximum atomic E-state index is 13.5. The maximum Gasteiger partial charge on any atom is 0.341 e. The molecule has 1 aliphatic heterocycles. The molecule has 21 heavy (non-hydrogen) atoms. The number of ether oxygens (including phenoxy) is 2. The van der Waals surface area contributed by atoms with E-state index >= 15 is 0 Å². The van der Waals surface area contributed by atoms with Crippen molar-refractivity contribution in [3.05, 3.63) is 34.6 Å². The number of hydrogen-bond acceptors (Lipinski definition) is 4. The van der Waals surface area contributed by atoms with E-state index in [2.05, 4.69) is 5.32 Å². The SMILES string of the molecule is O=C(COC(=O)c1ccc(Cl)cc1F)NCC1CCCO1. The molecular weight excluding hydrogens is 301 g/mol. The molecule has 5 nitrogen and oxygen atoms in total. The number of benzene rings is 1. The molecule has 1 saturated heterocycles. The van der Waals surface area contributed by atoms with Crippen LogP contribution in [0.2, 0.25) is 5.02 Å². The minimum atomic E-state index is -0.906. The van der Waals surface area contributed by atoms with Gasteiger partial charge in [-0.1, -0.05) is 11.6 Å². The van der Waals surface area contributed by atoms with Crippen LogP contribution in [-0.2, 0) is 14.3 Å². The third kappa shape index (κ3) is 4.68. The van der Waals surface area contributed by atoms with Gasteiger partial charge in [-0.2, -0.15) is 0 Å². The molecule has 0 aliphatic carbocycles. The lowest BCUT2D eigenvalue weighted by molar-refractivity contribution is -0.124. The van der Waals surface area contributed by atoms with Gasteiger partial charge in [0, 0.05) is 18.2 Å². The quantitative estimate of drug-likeness (QED) is 0.843. The molecule has 1 aromatic rings. The van der Waals surface area contributed by atoms with Gasteiger partial charge in [0.25, 0.3) is 5.91 Å². The van der Waals surface area contributed by atoms with Gasteiger partial charge in [-0.3, -0.25) is 4.79 Å². The number of halogens is 2. The summed E-state index contributed by atoms with van der Waals surface area (Å²) < 4.78 is 23.6. The smallest absolute Gasteiger partial charge is 0.341 e. The van der Waals surface area contributed by atoms with E-state index in [4.69, 9.17) is 21.1 Å². The second-order valence-corrected chi connectivity index (χ2v) is 5.08. The Kier molecular flexibility index (Phi) is 5.52. The third-order valence-electron chi connectivity index (χ3n) is 3.04. The fraction of sp³-hybridized carbons (Fsp3) is 0.429. The zero-order valence-electron chi connectivity index (χ0n) is 11.2. The fourth-order valence-electron chi connectivity index (χ4n) is 1.95. The minimum Gasteiger partial charge on any atom is -0.452 e. The van der Waals surface area contributed by atoms with Gasteiger partial charge in [0.15, 0.2) is 6.61 Å². The summed E-state index contributed by atoms with van der Waals surface area (Å²) in [5, 5.41) is 2.78. The first-order chi connectivity index (χ1) is 10.1. The molecule has 1 N–H and O–H groups in total. The van der Waals surface area contributed by atoms with Gasteiger partial charge in [-0.15, -0.1) is 0 Å². The minimum absolute atomic E-state index is 0.0124. The van der Waals surface area contributed by atoms with Crippen molar-refractivity contribution in [3.63, 3.8) is 0 Å². The van der Waals surface area contributed by atoms with Crippen molar-refractivity contribution < 1.29 is 23.5 Å². The molecule has 0 bridgehead atoms. The van der Waals surface area contributed by atoms with Crippen molar-refractivity contribution >= 4 is 23.5 Å². The lowest BCUT2D eigenvalue weighted by Gasteiger charge is -2.11. The van der Waals surface area contributed by atoms with Crippen LogP contribution in [-0.4, -0.2) is 37.7 Å². The van der Waals surface area contributed by atoms with Gasteiger partial charge < -0.3 is 14.8 Å². The van der Waals surface area contributed by atoms with Gasteiger partial charge in [0.2, 0.25) is 0 Å².